The predicted molar refractivity (Wildman–Crippen MR) is 66.9 cm³/mol. The van der Waals surface area contributed by atoms with E-state index >= 15 is 0 Å². The van der Waals surface area contributed by atoms with Crippen molar-refractivity contribution in [3.05, 3.63) is 0 Å². The van der Waals surface area contributed by atoms with Crippen LogP contribution >= 0.6 is 0 Å². The molecule has 0 heterocycles. The van der Waals surface area contributed by atoms with Crippen LogP contribution in [0, 0.1) is 5.92 Å². The van der Waals surface area contributed by atoms with Gasteiger partial charge in [0.15, 0.2) is 0 Å². The number of sulfonamides is 1. The van der Waals surface area contributed by atoms with E-state index in [9.17, 15) is 8.42 Å². The van der Waals surface area contributed by atoms with Crippen LogP contribution in [-0.4, -0.2) is 44.2 Å². The van der Waals surface area contributed by atoms with E-state index in [1.54, 1.807) is 7.05 Å². The minimum absolute atomic E-state index is 0.0610. The van der Waals surface area contributed by atoms with Crippen LogP contribution in [0.2, 0.25) is 0 Å². The van der Waals surface area contributed by atoms with Gasteiger partial charge < -0.3 is 5.32 Å². The molecule has 0 aromatic rings. The van der Waals surface area contributed by atoms with Gasteiger partial charge in [0.1, 0.15) is 0 Å². The summed E-state index contributed by atoms with van der Waals surface area (Å²) in [6, 6.07) is 0.633. The lowest BCUT2D eigenvalue weighted by atomic mass is 10.1. The quantitative estimate of drug-likeness (QED) is 0.732. The van der Waals surface area contributed by atoms with Gasteiger partial charge in [0.25, 0.3) is 0 Å². The summed E-state index contributed by atoms with van der Waals surface area (Å²) in [6.07, 6.45) is 2.39. The third-order valence-electron chi connectivity index (χ3n) is 3.35. The third-order valence-corrected chi connectivity index (χ3v) is 5.28. The molecule has 0 aliphatic heterocycles. The summed E-state index contributed by atoms with van der Waals surface area (Å²) in [6.45, 7) is 6.61. The zero-order valence-electron chi connectivity index (χ0n) is 10.7. The summed E-state index contributed by atoms with van der Waals surface area (Å²) in [7, 11) is -1.42. The molecule has 0 saturated heterocycles. The molecule has 1 atom stereocenters. The van der Waals surface area contributed by atoms with Crippen molar-refractivity contribution in [2.45, 2.75) is 45.7 Å². The van der Waals surface area contributed by atoms with E-state index in [2.05, 4.69) is 5.32 Å². The van der Waals surface area contributed by atoms with Gasteiger partial charge in [-0.3, -0.25) is 0 Å². The average molecular weight is 248 g/mol. The molecule has 16 heavy (non-hydrogen) atoms. The van der Waals surface area contributed by atoms with Gasteiger partial charge in [-0.1, -0.05) is 13.8 Å². The van der Waals surface area contributed by atoms with Crippen LogP contribution in [0.4, 0.5) is 0 Å². The van der Waals surface area contributed by atoms with Gasteiger partial charge in [-0.25, -0.2) is 12.7 Å². The predicted octanol–water partition coefficient (Wildman–Crippen LogP) is 1.04. The first-order chi connectivity index (χ1) is 7.34. The van der Waals surface area contributed by atoms with Crippen molar-refractivity contribution < 1.29 is 8.42 Å². The first kappa shape index (κ1) is 13.9. The molecule has 0 radical (unpaired) electrons. The molecule has 1 aliphatic rings. The number of hydrogen-bond acceptors (Lipinski definition) is 3. The Morgan fingerprint density at radius 1 is 1.31 bits per heavy atom. The zero-order chi connectivity index (χ0) is 12.3. The van der Waals surface area contributed by atoms with Crippen LogP contribution < -0.4 is 5.32 Å². The van der Waals surface area contributed by atoms with E-state index in [1.807, 2.05) is 20.8 Å². The second kappa shape index (κ2) is 5.47. The summed E-state index contributed by atoms with van der Waals surface area (Å²) in [4.78, 5) is 0. The van der Waals surface area contributed by atoms with Crippen molar-refractivity contribution in [3.8, 4) is 0 Å². The van der Waals surface area contributed by atoms with Crippen molar-refractivity contribution in [1.29, 1.82) is 0 Å². The highest BCUT2D eigenvalue weighted by Gasteiger charge is 2.26. The van der Waals surface area contributed by atoms with Crippen LogP contribution in [0.3, 0.4) is 0 Å². The largest absolute Gasteiger partial charge is 0.313 e. The molecule has 1 rings (SSSR count). The standard InChI is InChI=1S/C11H24N2O2S/c1-9(2)10(3)13(4)16(14,15)8-7-12-11-5-6-11/h9-12H,5-8H2,1-4H3. The number of nitrogens with zero attached hydrogens (tertiary/aromatic N) is 1. The molecule has 0 amide bonds. The smallest absolute Gasteiger partial charge is 0.215 e. The highest BCUT2D eigenvalue weighted by molar-refractivity contribution is 7.89. The number of hydrogen-bond donors (Lipinski definition) is 1. The van der Waals surface area contributed by atoms with Crippen molar-refractivity contribution in [1.82, 2.24) is 9.62 Å². The minimum Gasteiger partial charge on any atom is -0.313 e. The molecule has 1 unspecified atom stereocenters. The Labute approximate surface area is 99.5 Å². The van der Waals surface area contributed by atoms with Crippen LogP contribution in [0.15, 0.2) is 0 Å². The Bertz CT molecular complexity index is 310. The molecular weight excluding hydrogens is 224 g/mol. The average Bonchev–Trinajstić information content (AvgIpc) is 2.99. The normalized spacial score (nSPS) is 19.4. The Kier molecular flexibility index (Phi) is 4.76. The van der Waals surface area contributed by atoms with Crippen LogP contribution in [0.5, 0.6) is 0 Å². The van der Waals surface area contributed by atoms with Gasteiger partial charge >= 0.3 is 0 Å². The van der Waals surface area contributed by atoms with Gasteiger partial charge in [0.2, 0.25) is 10.0 Å². The summed E-state index contributed by atoms with van der Waals surface area (Å²) in [5, 5.41) is 3.23. The zero-order valence-corrected chi connectivity index (χ0v) is 11.5. The fourth-order valence-corrected chi connectivity index (χ4v) is 2.91. The van der Waals surface area contributed by atoms with Crippen LogP contribution in [-0.2, 0) is 10.0 Å². The van der Waals surface area contributed by atoms with E-state index < -0.39 is 10.0 Å². The lowest BCUT2D eigenvalue weighted by Crippen LogP contribution is -2.41. The van der Waals surface area contributed by atoms with Crippen molar-refractivity contribution >= 4 is 10.0 Å². The molecule has 1 N–H and O–H groups in total. The molecule has 1 fully saturated rings. The maximum atomic E-state index is 12.0. The third kappa shape index (κ3) is 4.03. The van der Waals surface area contributed by atoms with Crippen molar-refractivity contribution in [2.24, 2.45) is 5.92 Å². The molecule has 0 spiro atoms. The molecule has 5 heteroatoms. The Balaban J connectivity index is 2.40. The minimum atomic E-state index is -3.10. The fraction of sp³-hybridized carbons (Fsp3) is 1.00. The highest BCUT2D eigenvalue weighted by Crippen LogP contribution is 2.18. The van der Waals surface area contributed by atoms with Gasteiger partial charge in [0, 0.05) is 25.7 Å². The SMILES string of the molecule is CC(C)C(C)N(C)S(=O)(=O)CCNC1CC1. The molecular formula is C11H24N2O2S. The summed E-state index contributed by atoms with van der Waals surface area (Å²) in [5.41, 5.74) is 0. The van der Waals surface area contributed by atoms with E-state index in [0.717, 1.165) is 0 Å². The van der Waals surface area contributed by atoms with Crippen molar-refractivity contribution in [3.63, 3.8) is 0 Å². The molecule has 1 aliphatic carbocycles. The maximum absolute atomic E-state index is 12.0. The second-order valence-corrected chi connectivity index (χ2v) is 7.19. The van der Waals surface area contributed by atoms with E-state index in [0.29, 0.717) is 18.5 Å². The number of nitrogens with one attached hydrogen (secondary N) is 1. The highest BCUT2D eigenvalue weighted by atomic mass is 32.2. The molecule has 4 nitrogen and oxygen atoms in total. The second-order valence-electron chi connectivity index (χ2n) is 5.05. The number of rotatable bonds is 7. The van der Waals surface area contributed by atoms with E-state index in [-0.39, 0.29) is 11.8 Å². The van der Waals surface area contributed by atoms with E-state index in [4.69, 9.17) is 0 Å². The Morgan fingerprint density at radius 2 is 1.88 bits per heavy atom. The molecule has 96 valence electrons. The molecule has 0 bridgehead atoms. The summed E-state index contributed by atoms with van der Waals surface area (Å²) in [5.74, 6) is 0.549. The Morgan fingerprint density at radius 3 is 2.31 bits per heavy atom. The lowest BCUT2D eigenvalue weighted by Gasteiger charge is -2.27. The molecule has 0 aromatic carbocycles. The maximum Gasteiger partial charge on any atom is 0.215 e. The van der Waals surface area contributed by atoms with Gasteiger partial charge in [-0.2, -0.15) is 0 Å². The van der Waals surface area contributed by atoms with Crippen LogP contribution in [0.25, 0.3) is 0 Å². The summed E-state index contributed by atoms with van der Waals surface area (Å²) < 4.78 is 25.4. The first-order valence-corrected chi connectivity index (χ1v) is 7.64. The van der Waals surface area contributed by atoms with Gasteiger partial charge in [0.05, 0.1) is 5.75 Å². The van der Waals surface area contributed by atoms with E-state index in [1.165, 1.54) is 17.1 Å². The fourth-order valence-electron chi connectivity index (χ4n) is 1.50. The van der Waals surface area contributed by atoms with Crippen LogP contribution in [0.1, 0.15) is 33.6 Å². The Hall–Kier alpha value is -0.130. The topological polar surface area (TPSA) is 49.4 Å². The molecule has 0 aromatic heterocycles. The first-order valence-electron chi connectivity index (χ1n) is 6.03. The monoisotopic (exact) mass is 248 g/mol. The van der Waals surface area contributed by atoms with Crippen molar-refractivity contribution in [2.75, 3.05) is 19.3 Å². The molecule has 1 saturated carbocycles. The lowest BCUT2D eigenvalue weighted by molar-refractivity contribution is 0.315. The summed E-state index contributed by atoms with van der Waals surface area (Å²) >= 11 is 0. The van der Waals surface area contributed by atoms with Gasteiger partial charge in [-0.05, 0) is 25.7 Å². The van der Waals surface area contributed by atoms with Gasteiger partial charge in [-0.15, -0.1) is 0 Å².